The SMILES string of the molecule is Clc1ccc2oc(C3=CNc4ccccc4N=C3)nc2c1. The lowest BCUT2D eigenvalue weighted by molar-refractivity contribution is 0.587. The van der Waals surface area contributed by atoms with E-state index in [4.69, 9.17) is 16.0 Å². The normalized spacial score (nSPS) is 13.5. The number of nitrogens with one attached hydrogen (secondary N) is 1. The Balaban J connectivity index is 1.77. The van der Waals surface area contributed by atoms with Gasteiger partial charge in [-0.25, -0.2) is 4.98 Å². The summed E-state index contributed by atoms with van der Waals surface area (Å²) in [6.45, 7) is 0. The van der Waals surface area contributed by atoms with Gasteiger partial charge in [-0.15, -0.1) is 0 Å². The number of rotatable bonds is 1. The summed E-state index contributed by atoms with van der Waals surface area (Å²) >= 11 is 5.97. The van der Waals surface area contributed by atoms with Crippen LogP contribution in [0.2, 0.25) is 5.02 Å². The van der Waals surface area contributed by atoms with Crippen LogP contribution in [-0.2, 0) is 0 Å². The standard InChI is InChI=1S/C16H10ClN3O/c17-11-5-6-15-14(7-11)20-16(21-15)10-8-18-12-3-1-2-4-13(12)19-9-10/h1-9,18H. The number of fused-ring (bicyclic) bond motifs is 2. The molecule has 0 aliphatic carbocycles. The molecule has 1 aromatic heterocycles. The molecule has 3 aromatic rings. The molecule has 5 heteroatoms. The fourth-order valence-corrected chi connectivity index (χ4v) is 2.35. The predicted molar refractivity (Wildman–Crippen MR) is 85.2 cm³/mol. The van der Waals surface area contributed by atoms with Crippen molar-refractivity contribution in [1.82, 2.24) is 4.98 Å². The minimum absolute atomic E-state index is 0.510. The predicted octanol–water partition coefficient (Wildman–Crippen LogP) is 4.65. The molecule has 21 heavy (non-hydrogen) atoms. The van der Waals surface area contributed by atoms with Crippen LogP contribution < -0.4 is 5.32 Å². The zero-order valence-corrected chi connectivity index (χ0v) is 11.6. The molecule has 1 aliphatic rings. The van der Waals surface area contributed by atoms with Crippen LogP contribution in [0, 0.1) is 0 Å². The van der Waals surface area contributed by atoms with E-state index in [1.165, 1.54) is 0 Å². The molecule has 4 nitrogen and oxygen atoms in total. The van der Waals surface area contributed by atoms with Crippen molar-refractivity contribution in [3.63, 3.8) is 0 Å². The van der Waals surface area contributed by atoms with Gasteiger partial charge < -0.3 is 9.73 Å². The number of nitrogens with zero attached hydrogens (tertiary/aromatic N) is 2. The van der Waals surface area contributed by atoms with Gasteiger partial charge in [0, 0.05) is 17.4 Å². The summed E-state index contributed by atoms with van der Waals surface area (Å²) in [6.07, 6.45) is 3.58. The Bertz CT molecular complexity index is 895. The maximum atomic E-state index is 5.97. The number of para-hydroxylation sites is 2. The van der Waals surface area contributed by atoms with Crippen molar-refractivity contribution in [2.24, 2.45) is 4.99 Å². The first-order chi connectivity index (χ1) is 10.3. The largest absolute Gasteiger partial charge is 0.436 e. The molecule has 0 saturated heterocycles. The molecule has 0 fully saturated rings. The lowest BCUT2D eigenvalue weighted by Gasteiger charge is -2.01. The van der Waals surface area contributed by atoms with Crippen LogP contribution in [0.15, 0.2) is 58.1 Å². The van der Waals surface area contributed by atoms with Crippen molar-refractivity contribution < 1.29 is 4.42 Å². The molecule has 0 bridgehead atoms. The Morgan fingerprint density at radius 2 is 2.00 bits per heavy atom. The van der Waals surface area contributed by atoms with Gasteiger partial charge in [-0.1, -0.05) is 23.7 Å². The number of allylic oxidation sites excluding steroid dienone is 1. The third-order valence-electron chi connectivity index (χ3n) is 3.23. The first-order valence-electron chi connectivity index (χ1n) is 6.46. The number of hydrogen-bond donors (Lipinski definition) is 1. The van der Waals surface area contributed by atoms with Crippen LogP contribution in [0.25, 0.3) is 16.7 Å². The topological polar surface area (TPSA) is 50.4 Å². The highest BCUT2D eigenvalue weighted by Gasteiger charge is 2.12. The highest BCUT2D eigenvalue weighted by Crippen LogP contribution is 2.29. The summed E-state index contributed by atoms with van der Waals surface area (Å²) in [5.41, 5.74) is 4.03. The molecule has 2 heterocycles. The number of aliphatic imine (C=N–C) groups is 1. The second-order valence-electron chi connectivity index (χ2n) is 4.65. The van der Waals surface area contributed by atoms with E-state index in [2.05, 4.69) is 15.3 Å². The van der Waals surface area contributed by atoms with Crippen LogP contribution >= 0.6 is 11.6 Å². The first-order valence-corrected chi connectivity index (χ1v) is 6.84. The molecule has 0 atom stereocenters. The van der Waals surface area contributed by atoms with E-state index in [0.717, 1.165) is 22.5 Å². The van der Waals surface area contributed by atoms with E-state index in [0.29, 0.717) is 16.5 Å². The summed E-state index contributed by atoms with van der Waals surface area (Å²) in [5, 5.41) is 3.85. The lowest BCUT2D eigenvalue weighted by atomic mass is 10.3. The van der Waals surface area contributed by atoms with Crippen LogP contribution in [0.4, 0.5) is 11.4 Å². The number of oxazole rings is 1. The molecule has 4 rings (SSSR count). The van der Waals surface area contributed by atoms with Crippen molar-refractivity contribution in [1.29, 1.82) is 0 Å². The Morgan fingerprint density at radius 3 is 2.95 bits per heavy atom. The summed E-state index contributed by atoms with van der Waals surface area (Å²) in [7, 11) is 0. The van der Waals surface area contributed by atoms with E-state index < -0.39 is 0 Å². The van der Waals surface area contributed by atoms with Crippen molar-refractivity contribution in [2.75, 3.05) is 5.32 Å². The number of hydrogen-bond acceptors (Lipinski definition) is 4. The quantitative estimate of drug-likeness (QED) is 0.711. The van der Waals surface area contributed by atoms with Gasteiger partial charge in [0.15, 0.2) is 5.58 Å². The minimum atomic E-state index is 0.510. The van der Waals surface area contributed by atoms with Crippen LogP contribution in [0.3, 0.4) is 0 Å². The molecular formula is C16H10ClN3O. The van der Waals surface area contributed by atoms with E-state index in [9.17, 15) is 0 Å². The smallest absolute Gasteiger partial charge is 0.230 e. The lowest BCUT2D eigenvalue weighted by Crippen LogP contribution is -1.90. The Morgan fingerprint density at radius 1 is 1.10 bits per heavy atom. The van der Waals surface area contributed by atoms with E-state index >= 15 is 0 Å². The summed E-state index contributed by atoms with van der Waals surface area (Å²) in [5.74, 6) is 0.510. The fourth-order valence-electron chi connectivity index (χ4n) is 2.18. The van der Waals surface area contributed by atoms with E-state index in [1.807, 2.05) is 36.5 Å². The van der Waals surface area contributed by atoms with Gasteiger partial charge in [-0.2, -0.15) is 0 Å². The zero-order chi connectivity index (χ0) is 14.2. The summed E-state index contributed by atoms with van der Waals surface area (Å²) in [6, 6.07) is 13.2. The number of aromatic nitrogens is 1. The third-order valence-corrected chi connectivity index (χ3v) is 3.46. The molecule has 0 saturated carbocycles. The van der Waals surface area contributed by atoms with Crippen LogP contribution in [-0.4, -0.2) is 11.2 Å². The second kappa shape index (κ2) is 4.75. The number of anilines is 1. The first kappa shape index (κ1) is 12.2. The van der Waals surface area contributed by atoms with Gasteiger partial charge in [0.25, 0.3) is 0 Å². The number of halogens is 1. The van der Waals surface area contributed by atoms with Crippen molar-refractivity contribution in [3.8, 4) is 0 Å². The maximum Gasteiger partial charge on any atom is 0.230 e. The number of benzene rings is 2. The fraction of sp³-hybridized carbons (Fsp3) is 0. The van der Waals surface area contributed by atoms with Crippen molar-refractivity contribution in [3.05, 3.63) is 59.6 Å². The van der Waals surface area contributed by atoms with Gasteiger partial charge in [0.2, 0.25) is 5.89 Å². The molecule has 0 amide bonds. The van der Waals surface area contributed by atoms with Gasteiger partial charge in [-0.05, 0) is 30.3 Å². The summed E-state index contributed by atoms with van der Waals surface area (Å²) in [4.78, 5) is 8.90. The van der Waals surface area contributed by atoms with Gasteiger partial charge in [0.1, 0.15) is 5.52 Å². The Hall–Kier alpha value is -2.59. The molecule has 102 valence electrons. The Labute approximate surface area is 125 Å². The molecular weight excluding hydrogens is 286 g/mol. The van der Waals surface area contributed by atoms with Crippen LogP contribution in [0.5, 0.6) is 0 Å². The van der Waals surface area contributed by atoms with Gasteiger partial charge in [0.05, 0.1) is 16.9 Å². The van der Waals surface area contributed by atoms with Gasteiger partial charge in [-0.3, -0.25) is 4.99 Å². The van der Waals surface area contributed by atoms with Gasteiger partial charge >= 0.3 is 0 Å². The van der Waals surface area contributed by atoms with Crippen molar-refractivity contribution in [2.45, 2.75) is 0 Å². The van der Waals surface area contributed by atoms with E-state index in [-0.39, 0.29) is 0 Å². The molecule has 1 aliphatic heterocycles. The monoisotopic (exact) mass is 295 g/mol. The maximum absolute atomic E-state index is 5.97. The molecule has 0 spiro atoms. The highest BCUT2D eigenvalue weighted by atomic mass is 35.5. The summed E-state index contributed by atoms with van der Waals surface area (Å²) < 4.78 is 5.75. The molecule has 2 aromatic carbocycles. The zero-order valence-electron chi connectivity index (χ0n) is 10.9. The molecule has 0 radical (unpaired) electrons. The van der Waals surface area contributed by atoms with E-state index in [1.54, 1.807) is 18.3 Å². The van der Waals surface area contributed by atoms with Crippen molar-refractivity contribution >= 4 is 45.9 Å². The van der Waals surface area contributed by atoms with Crippen LogP contribution in [0.1, 0.15) is 5.89 Å². The molecule has 0 unspecified atom stereocenters. The third kappa shape index (κ3) is 2.19. The Kier molecular flexibility index (Phi) is 2.75. The molecule has 1 N–H and O–H groups in total. The second-order valence-corrected chi connectivity index (χ2v) is 5.09. The average molecular weight is 296 g/mol. The highest BCUT2D eigenvalue weighted by molar-refractivity contribution is 6.31. The minimum Gasteiger partial charge on any atom is -0.436 e. The average Bonchev–Trinajstić information content (AvgIpc) is 2.78.